The maximum absolute atomic E-state index is 11.4. The highest BCUT2D eigenvalue weighted by molar-refractivity contribution is 7.92. The highest BCUT2D eigenvalue weighted by Crippen LogP contribution is 2.28. The molecule has 1 rings (SSSR count). The highest BCUT2D eigenvalue weighted by Gasteiger charge is 2.12. The molecule has 0 spiro atoms. The summed E-state index contributed by atoms with van der Waals surface area (Å²) in [5.41, 5.74) is 2.32. The molecule has 3 nitrogen and oxygen atoms in total. The Kier molecular flexibility index (Phi) is 3.62. The second-order valence-electron chi connectivity index (χ2n) is 3.44. The maximum Gasteiger partial charge on any atom is 0.232 e. The standard InChI is InChI=1S/C10H14ClNO2S/c1-4-15(13,14)12-10-8(3)5-7(2)6-9(10)11/h5-6,12H,4H2,1-3H3. The third kappa shape index (κ3) is 3.11. The molecule has 0 radical (unpaired) electrons. The Labute approximate surface area is 95.5 Å². The van der Waals surface area contributed by atoms with Crippen LogP contribution in [-0.2, 0) is 10.0 Å². The summed E-state index contributed by atoms with van der Waals surface area (Å²) in [7, 11) is -3.26. The summed E-state index contributed by atoms with van der Waals surface area (Å²) >= 11 is 5.97. The Balaban J connectivity index is 3.17. The molecule has 1 aromatic rings. The molecule has 15 heavy (non-hydrogen) atoms. The van der Waals surface area contributed by atoms with E-state index in [0.29, 0.717) is 10.7 Å². The summed E-state index contributed by atoms with van der Waals surface area (Å²) in [6, 6.07) is 3.63. The summed E-state index contributed by atoms with van der Waals surface area (Å²) in [4.78, 5) is 0. The number of nitrogens with one attached hydrogen (secondary N) is 1. The van der Waals surface area contributed by atoms with E-state index in [2.05, 4.69) is 4.72 Å². The minimum absolute atomic E-state index is 0.0383. The lowest BCUT2D eigenvalue weighted by Gasteiger charge is -2.11. The minimum Gasteiger partial charge on any atom is -0.282 e. The average molecular weight is 248 g/mol. The molecule has 5 heteroatoms. The monoisotopic (exact) mass is 247 g/mol. The number of anilines is 1. The lowest BCUT2D eigenvalue weighted by molar-refractivity contribution is 0.602. The van der Waals surface area contributed by atoms with Crippen molar-refractivity contribution < 1.29 is 8.42 Å². The second kappa shape index (κ2) is 4.41. The zero-order valence-electron chi connectivity index (χ0n) is 8.96. The Morgan fingerprint density at radius 2 is 1.93 bits per heavy atom. The van der Waals surface area contributed by atoms with Gasteiger partial charge in [0.25, 0.3) is 0 Å². The summed E-state index contributed by atoms with van der Waals surface area (Å²) in [5.74, 6) is 0.0383. The Bertz CT molecular complexity index is 445. The van der Waals surface area contributed by atoms with Crippen molar-refractivity contribution in [1.29, 1.82) is 0 Å². The predicted octanol–water partition coefficient (Wildman–Crippen LogP) is 2.72. The lowest BCUT2D eigenvalue weighted by Crippen LogP contribution is -2.15. The van der Waals surface area contributed by atoms with Crippen LogP contribution in [-0.4, -0.2) is 14.2 Å². The fraction of sp³-hybridized carbons (Fsp3) is 0.400. The molecule has 84 valence electrons. The van der Waals surface area contributed by atoms with E-state index < -0.39 is 10.0 Å². The van der Waals surface area contributed by atoms with Gasteiger partial charge in [-0.2, -0.15) is 0 Å². The fourth-order valence-corrected chi connectivity index (χ4v) is 2.42. The molecule has 0 fully saturated rings. The first kappa shape index (κ1) is 12.3. The first-order valence-electron chi connectivity index (χ1n) is 4.63. The average Bonchev–Trinajstić information content (AvgIpc) is 2.11. The normalized spacial score (nSPS) is 11.5. The molecule has 0 saturated carbocycles. The van der Waals surface area contributed by atoms with Crippen molar-refractivity contribution in [3.63, 3.8) is 0 Å². The summed E-state index contributed by atoms with van der Waals surface area (Å²) < 4.78 is 25.2. The minimum atomic E-state index is -3.26. The van der Waals surface area contributed by atoms with Gasteiger partial charge in [-0.25, -0.2) is 8.42 Å². The summed E-state index contributed by atoms with van der Waals surface area (Å²) in [6.45, 7) is 5.32. The van der Waals surface area contributed by atoms with Crippen LogP contribution >= 0.6 is 11.6 Å². The lowest BCUT2D eigenvalue weighted by atomic mass is 10.1. The van der Waals surface area contributed by atoms with Crippen LogP contribution in [0.1, 0.15) is 18.1 Å². The van der Waals surface area contributed by atoms with Crippen LogP contribution in [0.25, 0.3) is 0 Å². The molecule has 0 amide bonds. The third-order valence-corrected chi connectivity index (χ3v) is 3.64. The van der Waals surface area contributed by atoms with Crippen molar-refractivity contribution in [3.05, 3.63) is 28.3 Å². The van der Waals surface area contributed by atoms with Crippen molar-refractivity contribution in [2.75, 3.05) is 10.5 Å². The van der Waals surface area contributed by atoms with Crippen molar-refractivity contribution >= 4 is 27.3 Å². The largest absolute Gasteiger partial charge is 0.282 e. The van der Waals surface area contributed by atoms with Crippen molar-refractivity contribution in [1.82, 2.24) is 0 Å². The molecule has 0 unspecified atom stereocenters. The second-order valence-corrected chi connectivity index (χ2v) is 5.86. The number of sulfonamides is 1. The van der Waals surface area contributed by atoms with Crippen LogP contribution in [0.3, 0.4) is 0 Å². The van der Waals surface area contributed by atoms with Crippen LogP contribution in [0.15, 0.2) is 12.1 Å². The molecule has 1 aromatic carbocycles. The number of halogens is 1. The molecule has 0 aliphatic rings. The first-order chi connectivity index (χ1) is 6.85. The molecular weight excluding hydrogens is 234 g/mol. The van der Waals surface area contributed by atoms with Gasteiger partial charge >= 0.3 is 0 Å². The molecule has 0 saturated heterocycles. The predicted molar refractivity (Wildman–Crippen MR) is 64.0 cm³/mol. The van der Waals surface area contributed by atoms with E-state index in [4.69, 9.17) is 11.6 Å². The molecule has 0 aliphatic heterocycles. The Morgan fingerprint density at radius 3 is 2.40 bits per heavy atom. The fourth-order valence-electron chi connectivity index (χ4n) is 1.27. The van der Waals surface area contributed by atoms with E-state index in [-0.39, 0.29) is 5.75 Å². The Hall–Kier alpha value is -0.740. The van der Waals surface area contributed by atoms with Crippen molar-refractivity contribution in [2.45, 2.75) is 20.8 Å². The van der Waals surface area contributed by atoms with Gasteiger partial charge in [-0.15, -0.1) is 0 Å². The van der Waals surface area contributed by atoms with Gasteiger partial charge in [-0.3, -0.25) is 4.72 Å². The van der Waals surface area contributed by atoms with Gasteiger partial charge in [0.2, 0.25) is 10.0 Å². The number of hydrogen-bond acceptors (Lipinski definition) is 2. The maximum atomic E-state index is 11.4. The number of rotatable bonds is 3. The van der Waals surface area contributed by atoms with Gasteiger partial charge in [0.15, 0.2) is 0 Å². The van der Waals surface area contributed by atoms with E-state index in [1.54, 1.807) is 13.0 Å². The number of hydrogen-bond donors (Lipinski definition) is 1. The zero-order chi connectivity index (χ0) is 11.6. The van der Waals surface area contributed by atoms with Crippen LogP contribution < -0.4 is 4.72 Å². The number of aryl methyl sites for hydroxylation is 2. The van der Waals surface area contributed by atoms with Crippen LogP contribution in [0, 0.1) is 13.8 Å². The van der Waals surface area contributed by atoms with E-state index in [1.807, 2.05) is 19.9 Å². The van der Waals surface area contributed by atoms with E-state index in [9.17, 15) is 8.42 Å². The van der Waals surface area contributed by atoms with Gasteiger partial charge in [0.1, 0.15) is 0 Å². The quantitative estimate of drug-likeness (QED) is 0.893. The van der Waals surface area contributed by atoms with Crippen molar-refractivity contribution in [2.24, 2.45) is 0 Å². The Morgan fingerprint density at radius 1 is 1.33 bits per heavy atom. The summed E-state index contributed by atoms with van der Waals surface area (Å²) in [6.07, 6.45) is 0. The highest BCUT2D eigenvalue weighted by atomic mass is 35.5. The molecular formula is C10H14ClNO2S. The molecule has 0 aliphatic carbocycles. The van der Waals surface area contributed by atoms with Gasteiger partial charge in [-0.05, 0) is 38.0 Å². The van der Waals surface area contributed by atoms with Crippen molar-refractivity contribution in [3.8, 4) is 0 Å². The molecule has 1 N–H and O–H groups in total. The van der Waals surface area contributed by atoms with Gasteiger partial charge < -0.3 is 0 Å². The van der Waals surface area contributed by atoms with Crippen LogP contribution in [0.5, 0.6) is 0 Å². The third-order valence-electron chi connectivity index (χ3n) is 2.07. The van der Waals surface area contributed by atoms with E-state index >= 15 is 0 Å². The zero-order valence-corrected chi connectivity index (χ0v) is 10.5. The number of benzene rings is 1. The van der Waals surface area contributed by atoms with Gasteiger partial charge in [0, 0.05) is 0 Å². The van der Waals surface area contributed by atoms with Crippen LogP contribution in [0.2, 0.25) is 5.02 Å². The van der Waals surface area contributed by atoms with Gasteiger partial charge in [-0.1, -0.05) is 17.7 Å². The smallest absolute Gasteiger partial charge is 0.232 e. The SMILES string of the molecule is CCS(=O)(=O)Nc1c(C)cc(C)cc1Cl. The molecule has 0 atom stereocenters. The molecule has 0 aromatic heterocycles. The van der Waals surface area contributed by atoms with Crippen LogP contribution in [0.4, 0.5) is 5.69 Å². The van der Waals surface area contributed by atoms with E-state index in [0.717, 1.165) is 11.1 Å². The van der Waals surface area contributed by atoms with E-state index in [1.165, 1.54) is 0 Å². The molecule has 0 heterocycles. The topological polar surface area (TPSA) is 46.2 Å². The first-order valence-corrected chi connectivity index (χ1v) is 6.66. The summed E-state index contributed by atoms with van der Waals surface area (Å²) in [5, 5.41) is 0.435. The molecule has 0 bridgehead atoms. The van der Waals surface area contributed by atoms with Gasteiger partial charge in [0.05, 0.1) is 16.5 Å².